The molecule has 0 N–H and O–H groups in total. The number of hydrogen-bond acceptors (Lipinski definition) is 2. The Hall–Kier alpha value is -2.73. The fourth-order valence-electron chi connectivity index (χ4n) is 2.39. The minimum absolute atomic E-state index is 0.0174. The van der Waals surface area contributed by atoms with Crippen LogP contribution in [0.4, 0.5) is 0 Å². The lowest BCUT2D eigenvalue weighted by molar-refractivity contribution is -0.139. The molecule has 0 bridgehead atoms. The lowest BCUT2D eigenvalue weighted by Crippen LogP contribution is -2.28. The quantitative estimate of drug-likeness (QED) is 0.261. The summed E-state index contributed by atoms with van der Waals surface area (Å²) in [5.74, 6) is 5.10. The van der Waals surface area contributed by atoms with Crippen molar-refractivity contribution in [3.05, 3.63) is 52.9 Å². The number of hydrogen-bond donors (Lipinski definition) is 0. The van der Waals surface area contributed by atoms with Crippen molar-refractivity contribution in [3.63, 3.8) is 0 Å². The molecule has 0 amide bonds. The topological polar surface area (TPSA) is 35.0 Å². The van der Waals surface area contributed by atoms with Gasteiger partial charge in [-0.25, -0.2) is 22.8 Å². The third kappa shape index (κ3) is 4.39. The zero-order chi connectivity index (χ0) is 16.4. The summed E-state index contributed by atoms with van der Waals surface area (Å²) in [7, 11) is 0. The van der Waals surface area contributed by atoms with Gasteiger partial charge in [-0.2, -0.15) is 0 Å². The second-order valence-electron chi connectivity index (χ2n) is 4.92. The number of carbonyl (C=O) groups is 1. The highest BCUT2D eigenvalue weighted by Gasteiger charge is 2.50. The summed E-state index contributed by atoms with van der Waals surface area (Å²) in [6.07, 6.45) is 6.69. The zero-order valence-electron chi connectivity index (χ0n) is 12.7. The molecule has 0 heterocycles. The normalized spacial score (nSPS) is 16.7. The molecule has 4 heteroatoms. The van der Waals surface area contributed by atoms with Crippen LogP contribution in [0.1, 0.15) is 32.6 Å². The van der Waals surface area contributed by atoms with Gasteiger partial charge in [0.25, 0.3) is 0 Å². The molecule has 0 fully saturated rings. The second-order valence-corrected chi connectivity index (χ2v) is 4.92. The molecule has 1 rings (SSSR count). The van der Waals surface area contributed by atoms with Crippen molar-refractivity contribution < 1.29 is 9.53 Å². The predicted molar refractivity (Wildman–Crippen MR) is 84.1 cm³/mol. The van der Waals surface area contributed by atoms with E-state index in [9.17, 15) is 4.79 Å². The largest absolute Gasteiger partial charge is 0.517 e. The van der Waals surface area contributed by atoms with Gasteiger partial charge in [0.2, 0.25) is 0 Å². The van der Waals surface area contributed by atoms with Crippen LogP contribution in [0.15, 0.2) is 30.0 Å². The molecule has 1 aliphatic rings. The van der Waals surface area contributed by atoms with Crippen LogP contribution in [0.3, 0.4) is 0 Å². The van der Waals surface area contributed by atoms with Crippen molar-refractivity contribution in [1.29, 1.82) is 0 Å². The molecule has 1 unspecified atom stereocenters. The molecule has 0 saturated heterocycles. The van der Waals surface area contributed by atoms with Crippen LogP contribution in [-0.2, 0) is 9.53 Å². The number of esters is 1. The highest BCUT2D eigenvalue weighted by molar-refractivity contribution is 5.66. The van der Waals surface area contributed by atoms with Gasteiger partial charge in [-0.05, 0) is 25.3 Å². The van der Waals surface area contributed by atoms with Crippen molar-refractivity contribution in [2.24, 2.45) is 5.92 Å². The van der Waals surface area contributed by atoms with Crippen LogP contribution in [0, 0.1) is 30.9 Å². The maximum absolute atomic E-state index is 10.7. The number of ether oxygens (including phenoxy) is 1. The molecule has 112 valence electrons. The number of carbonyl (C=O) groups excluding carboxylic acids is 1. The van der Waals surface area contributed by atoms with Gasteiger partial charge < -0.3 is 4.74 Å². The fraction of sp³-hybridized carbons (Fsp3) is 0.444. The van der Waals surface area contributed by atoms with Crippen LogP contribution in [0.5, 0.6) is 0 Å². The van der Waals surface area contributed by atoms with Gasteiger partial charge in [-0.1, -0.05) is 24.5 Å². The molecule has 0 aromatic rings. The average Bonchev–Trinajstić information content (AvgIpc) is 2.52. The SMILES string of the molecule is [C-]#[N+]C(CC#CCOC(C)=O)([N+]#[C-])C1=CCCCC1C=C=C. The maximum atomic E-state index is 10.7. The van der Waals surface area contributed by atoms with Crippen LogP contribution in [0.25, 0.3) is 9.69 Å². The van der Waals surface area contributed by atoms with Gasteiger partial charge in [0, 0.05) is 12.8 Å². The molecule has 0 spiro atoms. The molecule has 0 aromatic carbocycles. The Bertz CT molecular complexity index is 629. The molecule has 0 aromatic heterocycles. The van der Waals surface area contributed by atoms with E-state index in [1.54, 1.807) is 0 Å². The first-order valence-corrected chi connectivity index (χ1v) is 7.02. The summed E-state index contributed by atoms with van der Waals surface area (Å²) in [4.78, 5) is 17.8. The first-order valence-electron chi connectivity index (χ1n) is 7.02. The van der Waals surface area contributed by atoms with E-state index in [0.29, 0.717) is 0 Å². The van der Waals surface area contributed by atoms with Crippen LogP contribution < -0.4 is 0 Å². The summed E-state index contributed by atoms with van der Waals surface area (Å²) in [5, 5.41) is 0. The average molecular weight is 294 g/mol. The summed E-state index contributed by atoms with van der Waals surface area (Å²) in [6.45, 7) is 19.8. The Morgan fingerprint density at radius 1 is 1.55 bits per heavy atom. The third-order valence-electron chi connectivity index (χ3n) is 3.44. The Kier molecular flexibility index (Phi) is 6.72. The molecule has 1 aliphatic carbocycles. The van der Waals surface area contributed by atoms with Gasteiger partial charge in [-0.15, -0.1) is 5.73 Å². The number of nitrogens with zero attached hydrogens (tertiary/aromatic N) is 2. The van der Waals surface area contributed by atoms with Crippen molar-refractivity contribution in [1.82, 2.24) is 0 Å². The lowest BCUT2D eigenvalue weighted by atomic mass is 9.79. The Morgan fingerprint density at radius 2 is 2.27 bits per heavy atom. The summed E-state index contributed by atoms with van der Waals surface area (Å²) >= 11 is 0. The molecule has 22 heavy (non-hydrogen) atoms. The van der Waals surface area contributed by atoms with E-state index in [-0.39, 0.29) is 18.9 Å². The van der Waals surface area contributed by atoms with Gasteiger partial charge in [0.05, 0.1) is 0 Å². The molecule has 1 atom stereocenters. The Balaban J connectivity index is 2.98. The maximum Gasteiger partial charge on any atom is 0.517 e. The molecule has 4 nitrogen and oxygen atoms in total. The molecule has 0 radical (unpaired) electrons. The Labute approximate surface area is 131 Å². The monoisotopic (exact) mass is 294 g/mol. The number of allylic oxidation sites excluding steroid dienone is 2. The van der Waals surface area contributed by atoms with Crippen molar-refractivity contribution >= 4 is 5.97 Å². The van der Waals surface area contributed by atoms with E-state index in [1.165, 1.54) is 6.92 Å². The molecule has 0 saturated carbocycles. The minimum atomic E-state index is -1.30. The number of rotatable bonds is 4. The van der Waals surface area contributed by atoms with Crippen molar-refractivity contribution in [2.75, 3.05) is 6.61 Å². The van der Waals surface area contributed by atoms with Crippen LogP contribution in [-0.4, -0.2) is 18.2 Å². The van der Waals surface area contributed by atoms with Crippen molar-refractivity contribution in [2.45, 2.75) is 38.3 Å². The van der Waals surface area contributed by atoms with E-state index in [4.69, 9.17) is 17.9 Å². The first-order chi connectivity index (χ1) is 10.6. The van der Waals surface area contributed by atoms with E-state index in [0.717, 1.165) is 24.8 Å². The third-order valence-corrected chi connectivity index (χ3v) is 3.44. The minimum Gasteiger partial charge on any atom is -0.453 e. The van der Waals surface area contributed by atoms with Gasteiger partial charge in [-0.3, -0.25) is 4.79 Å². The molecular formula is C18H18N2O2. The fourth-order valence-corrected chi connectivity index (χ4v) is 2.39. The summed E-state index contributed by atoms with van der Waals surface area (Å²) in [5.41, 5.74) is 2.25. The first kappa shape index (κ1) is 17.3. The lowest BCUT2D eigenvalue weighted by Gasteiger charge is -2.22. The van der Waals surface area contributed by atoms with Gasteiger partial charge in [0.15, 0.2) is 13.0 Å². The zero-order valence-corrected chi connectivity index (χ0v) is 12.7. The molecule has 0 aliphatic heterocycles. The Morgan fingerprint density at radius 3 is 2.86 bits per heavy atom. The van der Waals surface area contributed by atoms with E-state index < -0.39 is 11.6 Å². The highest BCUT2D eigenvalue weighted by Crippen LogP contribution is 2.39. The van der Waals surface area contributed by atoms with E-state index in [1.807, 2.05) is 12.2 Å². The predicted octanol–water partition coefficient (Wildman–Crippen LogP) is 3.55. The smallest absolute Gasteiger partial charge is 0.453 e. The van der Waals surface area contributed by atoms with Crippen LogP contribution >= 0.6 is 0 Å². The summed E-state index contributed by atoms with van der Waals surface area (Å²) in [6, 6.07) is 0. The van der Waals surface area contributed by atoms with Crippen LogP contribution in [0.2, 0.25) is 0 Å². The molecular weight excluding hydrogens is 276 g/mol. The van der Waals surface area contributed by atoms with Crippen molar-refractivity contribution in [3.8, 4) is 11.8 Å². The van der Waals surface area contributed by atoms with E-state index >= 15 is 0 Å². The highest BCUT2D eigenvalue weighted by atomic mass is 16.5. The summed E-state index contributed by atoms with van der Waals surface area (Å²) < 4.78 is 4.72. The second kappa shape index (κ2) is 8.53. The standard InChI is InChI=1S/C18H18N2O2/c1-5-10-16-11-6-7-12-17(16)18(19-3,20-4)13-8-9-14-22-15(2)21/h10,12,16H,1,6-7,11,13-14H2,2H3. The van der Waals surface area contributed by atoms with Gasteiger partial charge >= 0.3 is 11.6 Å². The van der Waals surface area contributed by atoms with E-state index in [2.05, 4.69) is 33.8 Å². The van der Waals surface area contributed by atoms with Gasteiger partial charge in [0.1, 0.15) is 5.57 Å².